The van der Waals surface area contributed by atoms with Crippen LogP contribution in [0.2, 0.25) is 0 Å². The third-order valence-electron chi connectivity index (χ3n) is 6.31. The van der Waals surface area contributed by atoms with E-state index in [9.17, 15) is 5.11 Å². The van der Waals surface area contributed by atoms with Crippen LogP contribution in [0.25, 0.3) is 5.57 Å². The molecule has 1 heterocycles. The van der Waals surface area contributed by atoms with E-state index in [0.717, 1.165) is 38.9 Å². The van der Waals surface area contributed by atoms with Crippen molar-refractivity contribution in [3.05, 3.63) is 42.0 Å². The first-order valence-electron chi connectivity index (χ1n) is 10.4. The molecule has 0 aromatic heterocycles. The molecular formula is C23H35NO3. The van der Waals surface area contributed by atoms with Gasteiger partial charge in [-0.25, -0.2) is 0 Å². The van der Waals surface area contributed by atoms with Crippen LogP contribution in [-0.4, -0.2) is 60.2 Å². The number of hydrogen-bond donors (Lipinski definition) is 2. The Bertz CT molecular complexity index is 605. The van der Waals surface area contributed by atoms with Gasteiger partial charge >= 0.3 is 0 Å². The van der Waals surface area contributed by atoms with Gasteiger partial charge in [-0.3, -0.25) is 4.90 Å². The monoisotopic (exact) mass is 373 g/mol. The van der Waals surface area contributed by atoms with Gasteiger partial charge in [0.2, 0.25) is 0 Å². The van der Waals surface area contributed by atoms with Gasteiger partial charge in [-0.05, 0) is 49.4 Å². The number of rotatable bonds is 8. The maximum atomic E-state index is 10.4. The van der Waals surface area contributed by atoms with E-state index in [2.05, 4.69) is 55.2 Å². The van der Waals surface area contributed by atoms with E-state index in [1.54, 1.807) is 0 Å². The maximum Gasteiger partial charge on any atom is 0.0701 e. The molecular weight excluding hydrogens is 338 g/mol. The van der Waals surface area contributed by atoms with E-state index in [0.29, 0.717) is 18.9 Å². The molecule has 2 N–H and O–H groups in total. The van der Waals surface area contributed by atoms with Crippen molar-refractivity contribution in [2.75, 3.05) is 32.8 Å². The highest BCUT2D eigenvalue weighted by molar-refractivity contribution is 5.66. The topological polar surface area (TPSA) is 52.9 Å². The molecule has 150 valence electrons. The van der Waals surface area contributed by atoms with Gasteiger partial charge < -0.3 is 14.9 Å². The quantitative estimate of drug-likeness (QED) is 0.734. The summed E-state index contributed by atoms with van der Waals surface area (Å²) in [5, 5.41) is 19.4. The van der Waals surface area contributed by atoms with Crippen LogP contribution in [-0.2, 0) is 4.74 Å². The standard InChI is InChI=1S/C23H35NO3/c1-18(2)8-9-20(19-6-4-3-5-7-19)17-24-12-10-23(11-13-24)21(26)16-22(23)27-15-14-25/h3-7,9,18,21-22,25-26H,8,10-17H2,1-2H3/b20-9+/t21-,22+/m0/s1. The minimum absolute atomic E-state index is 0.0515. The maximum absolute atomic E-state index is 10.4. The summed E-state index contributed by atoms with van der Waals surface area (Å²) in [6.07, 6.45) is 5.99. The largest absolute Gasteiger partial charge is 0.394 e. The van der Waals surface area contributed by atoms with Crippen LogP contribution in [0.5, 0.6) is 0 Å². The third kappa shape index (κ3) is 4.80. The highest BCUT2D eigenvalue weighted by Gasteiger charge is 2.56. The Hall–Kier alpha value is -1.20. The summed E-state index contributed by atoms with van der Waals surface area (Å²) in [5.41, 5.74) is 2.62. The summed E-state index contributed by atoms with van der Waals surface area (Å²) < 4.78 is 5.80. The van der Waals surface area contributed by atoms with Gasteiger partial charge in [0.25, 0.3) is 0 Å². The zero-order valence-electron chi connectivity index (χ0n) is 16.8. The van der Waals surface area contributed by atoms with E-state index >= 15 is 0 Å². The first kappa shape index (κ1) is 20.5. The molecule has 1 aromatic carbocycles. The molecule has 0 unspecified atom stereocenters. The molecule has 1 spiro atoms. The lowest BCUT2D eigenvalue weighted by atomic mass is 9.58. The Balaban J connectivity index is 1.61. The fraction of sp³-hybridized carbons (Fsp3) is 0.652. The number of benzene rings is 1. The van der Waals surface area contributed by atoms with E-state index in [1.165, 1.54) is 11.1 Å². The minimum atomic E-state index is -0.256. The molecule has 0 amide bonds. The van der Waals surface area contributed by atoms with Crippen LogP contribution < -0.4 is 0 Å². The number of likely N-dealkylation sites (tertiary alicyclic amines) is 1. The zero-order chi connectivity index (χ0) is 19.3. The van der Waals surface area contributed by atoms with Crippen molar-refractivity contribution < 1.29 is 14.9 Å². The van der Waals surface area contributed by atoms with Crippen molar-refractivity contribution in [2.45, 2.75) is 51.7 Å². The van der Waals surface area contributed by atoms with Crippen molar-refractivity contribution in [3.63, 3.8) is 0 Å². The number of piperidine rings is 1. The fourth-order valence-corrected chi connectivity index (χ4v) is 4.48. The van der Waals surface area contributed by atoms with Gasteiger partial charge in [-0.1, -0.05) is 50.3 Å². The molecule has 1 aliphatic carbocycles. The van der Waals surface area contributed by atoms with Crippen LogP contribution in [0, 0.1) is 11.3 Å². The molecule has 2 fully saturated rings. The number of aliphatic hydroxyl groups is 2. The SMILES string of the molecule is CC(C)C/C=C(\CN1CCC2(CC1)[C@@H](O)C[C@H]2OCCO)c1ccccc1. The van der Waals surface area contributed by atoms with Crippen molar-refractivity contribution >= 4 is 5.57 Å². The van der Waals surface area contributed by atoms with E-state index < -0.39 is 0 Å². The van der Waals surface area contributed by atoms with Crippen molar-refractivity contribution in [3.8, 4) is 0 Å². The van der Waals surface area contributed by atoms with Crippen molar-refractivity contribution in [2.24, 2.45) is 11.3 Å². The Morgan fingerprint density at radius 2 is 1.96 bits per heavy atom. The Kier molecular flexibility index (Phi) is 7.10. The van der Waals surface area contributed by atoms with Gasteiger partial charge in [0.05, 0.1) is 25.4 Å². The summed E-state index contributed by atoms with van der Waals surface area (Å²) >= 11 is 0. The smallest absolute Gasteiger partial charge is 0.0701 e. The lowest BCUT2D eigenvalue weighted by Gasteiger charge is -2.56. The number of aliphatic hydroxyl groups excluding tert-OH is 2. The third-order valence-corrected chi connectivity index (χ3v) is 6.31. The lowest BCUT2D eigenvalue weighted by molar-refractivity contribution is -0.212. The average molecular weight is 374 g/mol. The fourth-order valence-electron chi connectivity index (χ4n) is 4.48. The number of ether oxygens (including phenoxy) is 1. The molecule has 4 nitrogen and oxygen atoms in total. The van der Waals surface area contributed by atoms with Crippen LogP contribution in [0.15, 0.2) is 36.4 Å². The molecule has 1 saturated carbocycles. The summed E-state index contributed by atoms with van der Waals surface area (Å²) in [7, 11) is 0. The molecule has 1 aliphatic heterocycles. The zero-order valence-corrected chi connectivity index (χ0v) is 16.8. The number of nitrogens with zero attached hydrogens (tertiary/aromatic N) is 1. The van der Waals surface area contributed by atoms with Crippen LogP contribution in [0.1, 0.15) is 45.1 Å². The minimum Gasteiger partial charge on any atom is -0.394 e. The summed E-state index contributed by atoms with van der Waals surface area (Å²) in [5.74, 6) is 0.655. The molecule has 0 radical (unpaired) electrons. The Labute approximate surface area is 163 Å². The van der Waals surface area contributed by atoms with Gasteiger partial charge in [-0.15, -0.1) is 0 Å². The molecule has 3 rings (SSSR count). The second-order valence-corrected chi connectivity index (χ2v) is 8.57. The van der Waals surface area contributed by atoms with Gasteiger partial charge in [0.1, 0.15) is 0 Å². The molecule has 2 atom stereocenters. The number of allylic oxidation sites excluding steroid dienone is 1. The molecule has 0 bridgehead atoms. The summed E-state index contributed by atoms with van der Waals surface area (Å²) in [6, 6.07) is 10.7. The molecule has 4 heteroatoms. The van der Waals surface area contributed by atoms with Gasteiger partial charge in [0, 0.05) is 18.4 Å². The highest BCUT2D eigenvalue weighted by atomic mass is 16.5. The van der Waals surface area contributed by atoms with E-state index in [-0.39, 0.29) is 24.2 Å². The van der Waals surface area contributed by atoms with Crippen LogP contribution in [0.4, 0.5) is 0 Å². The summed E-state index contributed by atoms with van der Waals surface area (Å²) in [4.78, 5) is 2.51. The van der Waals surface area contributed by atoms with Crippen molar-refractivity contribution in [1.82, 2.24) is 4.90 Å². The van der Waals surface area contributed by atoms with Crippen LogP contribution in [0.3, 0.4) is 0 Å². The second kappa shape index (κ2) is 9.33. The normalized spacial score (nSPS) is 25.7. The Morgan fingerprint density at radius 1 is 1.26 bits per heavy atom. The predicted octanol–water partition coefficient (Wildman–Crippen LogP) is 3.34. The first-order valence-corrected chi connectivity index (χ1v) is 10.4. The van der Waals surface area contributed by atoms with E-state index in [1.807, 2.05) is 0 Å². The molecule has 2 aliphatic rings. The lowest BCUT2D eigenvalue weighted by Crippen LogP contribution is -2.62. The predicted molar refractivity (Wildman–Crippen MR) is 109 cm³/mol. The molecule has 27 heavy (non-hydrogen) atoms. The average Bonchev–Trinajstić information content (AvgIpc) is 2.69. The summed E-state index contributed by atoms with van der Waals surface area (Å²) in [6.45, 7) is 7.88. The highest BCUT2D eigenvalue weighted by Crippen LogP contribution is 2.51. The first-order chi connectivity index (χ1) is 13.0. The van der Waals surface area contributed by atoms with E-state index in [4.69, 9.17) is 9.84 Å². The van der Waals surface area contributed by atoms with Crippen LogP contribution >= 0.6 is 0 Å². The second-order valence-electron chi connectivity index (χ2n) is 8.57. The van der Waals surface area contributed by atoms with Crippen molar-refractivity contribution in [1.29, 1.82) is 0 Å². The van der Waals surface area contributed by atoms with Gasteiger partial charge in [0.15, 0.2) is 0 Å². The Morgan fingerprint density at radius 3 is 2.56 bits per heavy atom. The molecule has 1 saturated heterocycles. The molecule has 1 aromatic rings. The number of hydrogen-bond acceptors (Lipinski definition) is 4. The van der Waals surface area contributed by atoms with Gasteiger partial charge in [-0.2, -0.15) is 0 Å².